The van der Waals surface area contributed by atoms with Crippen molar-refractivity contribution in [1.82, 2.24) is 9.71 Å². The number of hydrogen-bond donors (Lipinski definition) is 2. The lowest BCUT2D eigenvalue weighted by Gasteiger charge is -2.28. The molecule has 2 N–H and O–H groups in total. The number of pyridine rings is 1. The van der Waals surface area contributed by atoms with Crippen molar-refractivity contribution in [3.63, 3.8) is 0 Å². The Labute approximate surface area is 245 Å². The van der Waals surface area contributed by atoms with Gasteiger partial charge in [-0.2, -0.15) is 0 Å². The zero-order chi connectivity index (χ0) is 29.7. The summed E-state index contributed by atoms with van der Waals surface area (Å²) in [6, 6.07) is 23.0. The van der Waals surface area contributed by atoms with E-state index >= 15 is 0 Å². The SMILES string of the molecule is CC(C)(C)NS(=O)(=O)c1ccc(C2(O)C(=O)N(Cc3ccc4nc(N5CCOCC5)ccc4c3)c3ccccc32)cc1. The number of nitrogens with zero attached hydrogens (tertiary/aromatic N) is 3. The number of carbonyl (C=O) groups excluding carboxylic acids is 1. The topological polar surface area (TPSA) is 112 Å². The van der Waals surface area contributed by atoms with Gasteiger partial charge >= 0.3 is 0 Å². The predicted octanol–water partition coefficient (Wildman–Crippen LogP) is 3.93. The molecule has 0 spiro atoms. The van der Waals surface area contributed by atoms with Gasteiger partial charge in [0.05, 0.1) is 35.9 Å². The number of amides is 1. The first-order valence-electron chi connectivity index (χ1n) is 14.0. The second kappa shape index (κ2) is 10.5. The molecule has 1 amide bonds. The van der Waals surface area contributed by atoms with Crippen LogP contribution in [0.15, 0.2) is 83.8 Å². The number of carbonyl (C=O) groups is 1. The number of rotatable bonds is 6. The highest BCUT2D eigenvalue weighted by molar-refractivity contribution is 7.89. The average Bonchev–Trinajstić information content (AvgIpc) is 3.19. The molecular weight excluding hydrogens is 552 g/mol. The van der Waals surface area contributed by atoms with Crippen LogP contribution in [0, 0.1) is 0 Å². The van der Waals surface area contributed by atoms with Crippen molar-refractivity contribution in [3.8, 4) is 0 Å². The Morgan fingerprint density at radius 1 is 0.976 bits per heavy atom. The third kappa shape index (κ3) is 5.15. The molecule has 2 aliphatic heterocycles. The quantitative estimate of drug-likeness (QED) is 0.352. The number of benzene rings is 3. The highest BCUT2D eigenvalue weighted by atomic mass is 32.2. The van der Waals surface area contributed by atoms with Crippen molar-refractivity contribution in [2.24, 2.45) is 0 Å². The van der Waals surface area contributed by atoms with Gasteiger partial charge in [-0.25, -0.2) is 18.1 Å². The number of ether oxygens (including phenoxy) is 1. The Balaban J connectivity index is 1.29. The molecule has 3 heterocycles. The summed E-state index contributed by atoms with van der Waals surface area (Å²) in [5, 5.41) is 12.9. The first kappa shape index (κ1) is 28.3. The van der Waals surface area contributed by atoms with Crippen LogP contribution in [0.4, 0.5) is 11.5 Å². The van der Waals surface area contributed by atoms with Crippen LogP contribution in [0.25, 0.3) is 10.9 Å². The number of sulfonamides is 1. The summed E-state index contributed by atoms with van der Waals surface area (Å²) in [7, 11) is -3.77. The third-order valence-corrected chi connectivity index (χ3v) is 9.35. The molecule has 0 saturated carbocycles. The van der Waals surface area contributed by atoms with Crippen LogP contribution in [-0.4, -0.2) is 56.3 Å². The molecule has 1 fully saturated rings. The van der Waals surface area contributed by atoms with Crippen molar-refractivity contribution < 1.29 is 23.1 Å². The highest BCUT2D eigenvalue weighted by Gasteiger charge is 2.51. The molecule has 0 bridgehead atoms. The van der Waals surface area contributed by atoms with Crippen LogP contribution >= 0.6 is 0 Å². The molecule has 1 aromatic heterocycles. The number of aromatic nitrogens is 1. The molecule has 1 atom stereocenters. The Bertz CT molecular complexity index is 1760. The molecule has 2 aliphatic rings. The van der Waals surface area contributed by atoms with Crippen LogP contribution in [0.1, 0.15) is 37.5 Å². The van der Waals surface area contributed by atoms with Gasteiger partial charge in [0.1, 0.15) is 5.82 Å². The molecular formula is C32H34N4O5S. The predicted molar refractivity (Wildman–Crippen MR) is 162 cm³/mol. The van der Waals surface area contributed by atoms with Crippen molar-refractivity contribution in [2.75, 3.05) is 36.1 Å². The maximum absolute atomic E-state index is 14.0. The maximum Gasteiger partial charge on any atom is 0.268 e. The second-order valence-electron chi connectivity index (χ2n) is 11.8. The van der Waals surface area contributed by atoms with Gasteiger partial charge in [0.2, 0.25) is 10.0 Å². The van der Waals surface area contributed by atoms with E-state index in [1.807, 2.05) is 42.5 Å². The van der Waals surface area contributed by atoms with Crippen LogP contribution in [0.2, 0.25) is 0 Å². The summed E-state index contributed by atoms with van der Waals surface area (Å²) in [6.07, 6.45) is 0. The number of morpholine rings is 1. The van der Waals surface area contributed by atoms with Crippen molar-refractivity contribution >= 4 is 38.3 Å². The summed E-state index contributed by atoms with van der Waals surface area (Å²) in [6.45, 7) is 8.53. The molecule has 1 saturated heterocycles. The van der Waals surface area contributed by atoms with E-state index in [1.54, 1.807) is 37.8 Å². The van der Waals surface area contributed by atoms with Crippen LogP contribution in [-0.2, 0) is 31.7 Å². The lowest BCUT2D eigenvalue weighted by Crippen LogP contribution is -2.41. The van der Waals surface area contributed by atoms with Crippen molar-refractivity contribution in [2.45, 2.75) is 43.4 Å². The fraction of sp³-hybridized carbons (Fsp3) is 0.312. The van der Waals surface area contributed by atoms with Gasteiger partial charge in [-0.05, 0) is 74.4 Å². The molecule has 0 aliphatic carbocycles. The van der Waals surface area contributed by atoms with Gasteiger partial charge in [-0.3, -0.25) is 4.79 Å². The van der Waals surface area contributed by atoms with Gasteiger partial charge < -0.3 is 19.6 Å². The maximum atomic E-state index is 14.0. The normalized spacial score (nSPS) is 19.4. The number of nitrogens with one attached hydrogen (secondary N) is 1. The molecule has 218 valence electrons. The summed E-state index contributed by atoms with van der Waals surface area (Å²) in [5.41, 5.74) is 0.514. The van der Waals surface area contributed by atoms with Crippen molar-refractivity contribution in [1.29, 1.82) is 0 Å². The number of anilines is 2. The minimum absolute atomic E-state index is 0.0573. The monoisotopic (exact) mass is 586 g/mol. The van der Waals surface area contributed by atoms with E-state index in [-0.39, 0.29) is 11.4 Å². The Morgan fingerprint density at radius 3 is 2.40 bits per heavy atom. The summed E-state index contributed by atoms with van der Waals surface area (Å²) < 4.78 is 33.7. The molecule has 3 aromatic carbocycles. The van der Waals surface area contributed by atoms with Crippen LogP contribution in [0.3, 0.4) is 0 Å². The highest BCUT2D eigenvalue weighted by Crippen LogP contribution is 2.45. The van der Waals surface area contributed by atoms with Gasteiger partial charge in [0, 0.05) is 29.6 Å². The molecule has 1 unspecified atom stereocenters. The lowest BCUT2D eigenvalue weighted by molar-refractivity contribution is -0.132. The molecule has 6 rings (SSSR count). The zero-order valence-electron chi connectivity index (χ0n) is 23.9. The summed E-state index contributed by atoms with van der Waals surface area (Å²) >= 11 is 0. The fourth-order valence-corrected chi connectivity index (χ4v) is 7.04. The molecule has 10 heteroatoms. The van der Waals surface area contributed by atoms with E-state index in [0.29, 0.717) is 30.0 Å². The largest absolute Gasteiger partial charge is 0.378 e. The van der Waals surface area contributed by atoms with Gasteiger partial charge in [-0.1, -0.05) is 36.4 Å². The first-order valence-corrected chi connectivity index (χ1v) is 15.4. The number of para-hydroxylation sites is 1. The van der Waals surface area contributed by atoms with Crippen LogP contribution < -0.4 is 14.5 Å². The van der Waals surface area contributed by atoms with E-state index in [4.69, 9.17) is 9.72 Å². The average molecular weight is 587 g/mol. The lowest BCUT2D eigenvalue weighted by atomic mass is 9.87. The Hall–Kier alpha value is -3.83. The fourth-order valence-electron chi connectivity index (χ4n) is 5.62. The summed E-state index contributed by atoms with van der Waals surface area (Å²) in [5.74, 6) is 0.424. The van der Waals surface area contributed by atoms with Gasteiger partial charge in [0.15, 0.2) is 5.60 Å². The van der Waals surface area contributed by atoms with Gasteiger partial charge in [-0.15, -0.1) is 0 Å². The molecule has 0 radical (unpaired) electrons. The number of aliphatic hydroxyl groups is 1. The first-order chi connectivity index (χ1) is 20.0. The smallest absolute Gasteiger partial charge is 0.268 e. The standard InChI is InChI=1S/C32H34N4O5S/c1-31(2,3)34-42(39,40)25-12-10-24(11-13-25)32(38)26-6-4-5-7-28(26)36(30(32)37)21-22-8-14-27-23(20-22)9-15-29(33-27)35-16-18-41-19-17-35/h4-15,20,34,38H,16-19,21H2,1-3H3. The van der Waals surface area contributed by atoms with E-state index in [9.17, 15) is 18.3 Å². The van der Waals surface area contributed by atoms with Crippen LogP contribution in [0.5, 0.6) is 0 Å². The van der Waals surface area contributed by atoms with E-state index in [0.717, 1.165) is 35.4 Å². The van der Waals surface area contributed by atoms with E-state index in [1.165, 1.54) is 24.3 Å². The Morgan fingerprint density at radius 2 is 1.69 bits per heavy atom. The minimum Gasteiger partial charge on any atom is -0.378 e. The zero-order valence-corrected chi connectivity index (χ0v) is 24.7. The van der Waals surface area contributed by atoms with E-state index in [2.05, 4.69) is 9.62 Å². The Kier molecular flexibility index (Phi) is 7.05. The third-order valence-electron chi connectivity index (χ3n) is 7.58. The molecule has 9 nitrogen and oxygen atoms in total. The van der Waals surface area contributed by atoms with E-state index < -0.39 is 27.1 Å². The second-order valence-corrected chi connectivity index (χ2v) is 13.5. The van der Waals surface area contributed by atoms with Gasteiger partial charge in [0.25, 0.3) is 5.91 Å². The minimum atomic E-state index is -3.77. The molecule has 42 heavy (non-hydrogen) atoms. The molecule has 4 aromatic rings. The van der Waals surface area contributed by atoms with Crippen molar-refractivity contribution in [3.05, 3.63) is 95.6 Å². The number of hydrogen-bond acceptors (Lipinski definition) is 7. The number of fused-ring (bicyclic) bond motifs is 2. The summed E-state index contributed by atoms with van der Waals surface area (Å²) in [4.78, 5) is 22.6.